The highest BCUT2D eigenvalue weighted by molar-refractivity contribution is 5.95. The smallest absolute Gasteiger partial charge is 0.243 e. The molecule has 1 fully saturated rings. The van der Waals surface area contributed by atoms with Gasteiger partial charge in [0.05, 0.1) is 6.42 Å². The SMILES string of the molecule is C#CC[C@H](NC(=O)[C@H](CCCCN)NC(=O)[C@@H]1CCCN1C(=O)Cc1cccc2ccccc12)C(N)=O. The summed E-state index contributed by atoms with van der Waals surface area (Å²) in [7, 11) is 0. The Morgan fingerprint density at radius 3 is 2.54 bits per heavy atom. The first kappa shape index (κ1) is 27.7. The van der Waals surface area contributed by atoms with E-state index < -0.39 is 35.8 Å². The second-order valence-corrected chi connectivity index (χ2v) is 9.28. The van der Waals surface area contributed by atoms with Crippen LogP contribution in [0.25, 0.3) is 10.8 Å². The number of hydrogen-bond donors (Lipinski definition) is 4. The van der Waals surface area contributed by atoms with Gasteiger partial charge in [-0.3, -0.25) is 19.2 Å². The summed E-state index contributed by atoms with van der Waals surface area (Å²) < 4.78 is 0. The number of nitrogens with one attached hydrogen (secondary N) is 2. The van der Waals surface area contributed by atoms with E-state index in [0.29, 0.717) is 45.2 Å². The second-order valence-electron chi connectivity index (χ2n) is 9.28. The number of amides is 4. The molecule has 0 bridgehead atoms. The maximum absolute atomic E-state index is 13.3. The molecule has 1 aliphatic heterocycles. The fourth-order valence-electron chi connectivity index (χ4n) is 4.69. The van der Waals surface area contributed by atoms with Crippen LogP contribution >= 0.6 is 0 Å². The van der Waals surface area contributed by atoms with Crippen LogP contribution in [0, 0.1) is 12.3 Å². The number of carbonyl (C=O) groups excluding carboxylic acids is 4. The molecule has 1 saturated heterocycles. The van der Waals surface area contributed by atoms with Crippen LogP contribution in [0.5, 0.6) is 0 Å². The van der Waals surface area contributed by atoms with Crippen LogP contribution in [0.15, 0.2) is 42.5 Å². The van der Waals surface area contributed by atoms with Crippen LogP contribution in [0.1, 0.15) is 44.1 Å². The van der Waals surface area contributed by atoms with E-state index in [1.54, 1.807) is 4.90 Å². The van der Waals surface area contributed by atoms with Gasteiger partial charge in [0.25, 0.3) is 0 Å². The van der Waals surface area contributed by atoms with Crippen LogP contribution in [0.4, 0.5) is 0 Å². The van der Waals surface area contributed by atoms with Crippen molar-refractivity contribution in [2.24, 2.45) is 11.5 Å². The normalized spacial score (nSPS) is 16.5. The molecule has 3 atom stereocenters. The fourth-order valence-corrected chi connectivity index (χ4v) is 4.69. The predicted octanol–water partition coefficient (Wildman–Crippen LogP) is 0.981. The first-order valence-corrected chi connectivity index (χ1v) is 12.7. The predicted molar refractivity (Wildman–Crippen MR) is 142 cm³/mol. The van der Waals surface area contributed by atoms with Gasteiger partial charge in [-0.2, -0.15) is 0 Å². The van der Waals surface area contributed by atoms with Gasteiger partial charge in [0.1, 0.15) is 18.1 Å². The van der Waals surface area contributed by atoms with Gasteiger partial charge >= 0.3 is 0 Å². The lowest BCUT2D eigenvalue weighted by Crippen LogP contribution is -2.56. The number of primary amides is 1. The standard InChI is InChI=1S/C28H35N5O4/c1-2-9-22(26(30)35)31-27(36)23(14-5-6-16-29)32-28(37)24-15-8-17-33(24)25(34)18-20-12-7-11-19-10-3-4-13-21(19)20/h1,3-4,7,10-13,22-24H,5-6,8-9,14-18,29H2,(H2,30,35)(H,31,36)(H,32,37)/t22-,23-,24-/m0/s1. The minimum atomic E-state index is -1.03. The number of unbranched alkanes of at least 4 members (excludes halogenated alkanes) is 1. The van der Waals surface area contributed by atoms with Gasteiger partial charge in [-0.1, -0.05) is 42.5 Å². The number of fused-ring (bicyclic) bond motifs is 1. The molecule has 196 valence electrons. The monoisotopic (exact) mass is 505 g/mol. The molecule has 9 nitrogen and oxygen atoms in total. The Labute approximate surface area is 217 Å². The highest BCUT2D eigenvalue weighted by Crippen LogP contribution is 2.23. The van der Waals surface area contributed by atoms with E-state index in [4.69, 9.17) is 17.9 Å². The largest absolute Gasteiger partial charge is 0.368 e. The second kappa shape index (κ2) is 13.4. The van der Waals surface area contributed by atoms with Gasteiger partial charge in [-0.25, -0.2) is 0 Å². The van der Waals surface area contributed by atoms with Crippen molar-refractivity contribution in [3.63, 3.8) is 0 Å². The summed E-state index contributed by atoms with van der Waals surface area (Å²) in [5.74, 6) is 0.484. The summed E-state index contributed by atoms with van der Waals surface area (Å²) in [6.45, 7) is 0.917. The molecule has 0 spiro atoms. The van der Waals surface area contributed by atoms with Gasteiger partial charge < -0.3 is 27.0 Å². The number of terminal acetylenes is 1. The number of likely N-dealkylation sites (tertiary alicyclic amines) is 1. The molecule has 2 aromatic rings. The van der Waals surface area contributed by atoms with E-state index in [2.05, 4.69) is 16.6 Å². The van der Waals surface area contributed by atoms with Crippen molar-refractivity contribution in [2.75, 3.05) is 13.1 Å². The quantitative estimate of drug-likeness (QED) is 0.251. The van der Waals surface area contributed by atoms with Gasteiger partial charge in [-0.15, -0.1) is 12.3 Å². The van der Waals surface area contributed by atoms with Crippen molar-refractivity contribution in [1.82, 2.24) is 15.5 Å². The summed E-state index contributed by atoms with van der Waals surface area (Å²) in [6, 6.07) is 11.1. The number of benzene rings is 2. The molecule has 0 saturated carbocycles. The summed E-state index contributed by atoms with van der Waals surface area (Å²) in [6.07, 6.45) is 8.19. The Morgan fingerprint density at radius 2 is 1.81 bits per heavy atom. The van der Waals surface area contributed by atoms with Gasteiger partial charge in [0, 0.05) is 13.0 Å². The van der Waals surface area contributed by atoms with Crippen molar-refractivity contribution in [3.05, 3.63) is 48.0 Å². The molecule has 0 aliphatic carbocycles. The van der Waals surface area contributed by atoms with E-state index in [1.807, 2.05) is 42.5 Å². The van der Waals surface area contributed by atoms with Crippen molar-refractivity contribution < 1.29 is 19.2 Å². The van der Waals surface area contributed by atoms with Crippen molar-refractivity contribution >= 4 is 34.4 Å². The third-order valence-corrected chi connectivity index (χ3v) is 6.66. The third kappa shape index (κ3) is 7.30. The Morgan fingerprint density at radius 1 is 1.05 bits per heavy atom. The molecule has 2 aromatic carbocycles. The minimum absolute atomic E-state index is 0.0520. The molecule has 4 amide bonds. The first-order chi connectivity index (χ1) is 17.8. The maximum atomic E-state index is 13.3. The number of nitrogens with two attached hydrogens (primary N) is 2. The number of carbonyl (C=O) groups is 4. The molecule has 9 heteroatoms. The van der Waals surface area contributed by atoms with Crippen LogP contribution in [-0.2, 0) is 25.6 Å². The van der Waals surface area contributed by atoms with Crippen molar-refractivity contribution in [1.29, 1.82) is 0 Å². The van der Waals surface area contributed by atoms with Gasteiger partial charge in [-0.05, 0) is 55.0 Å². The van der Waals surface area contributed by atoms with Gasteiger partial charge in [0.15, 0.2) is 0 Å². The zero-order chi connectivity index (χ0) is 26.8. The molecule has 3 rings (SSSR count). The molecule has 0 radical (unpaired) electrons. The van der Waals surface area contributed by atoms with E-state index in [0.717, 1.165) is 16.3 Å². The summed E-state index contributed by atoms with van der Waals surface area (Å²) in [5, 5.41) is 7.39. The molecular weight excluding hydrogens is 470 g/mol. The third-order valence-electron chi connectivity index (χ3n) is 6.66. The summed E-state index contributed by atoms with van der Waals surface area (Å²) in [5.41, 5.74) is 11.8. The minimum Gasteiger partial charge on any atom is -0.368 e. The van der Waals surface area contributed by atoms with Crippen LogP contribution < -0.4 is 22.1 Å². The molecule has 1 heterocycles. The van der Waals surface area contributed by atoms with Crippen LogP contribution in [-0.4, -0.2) is 59.7 Å². The van der Waals surface area contributed by atoms with E-state index in [9.17, 15) is 19.2 Å². The van der Waals surface area contributed by atoms with Gasteiger partial charge in [0.2, 0.25) is 23.6 Å². The zero-order valence-electron chi connectivity index (χ0n) is 20.9. The molecule has 0 unspecified atom stereocenters. The lowest BCUT2D eigenvalue weighted by atomic mass is 10.0. The number of rotatable bonds is 12. The Balaban J connectivity index is 1.70. The zero-order valence-corrected chi connectivity index (χ0v) is 20.9. The molecule has 6 N–H and O–H groups in total. The summed E-state index contributed by atoms with van der Waals surface area (Å²) in [4.78, 5) is 52.8. The van der Waals surface area contributed by atoms with Crippen molar-refractivity contribution in [2.45, 2.75) is 63.1 Å². The highest BCUT2D eigenvalue weighted by atomic mass is 16.2. The molecule has 0 aromatic heterocycles. The average Bonchev–Trinajstić information content (AvgIpc) is 3.38. The van der Waals surface area contributed by atoms with Crippen LogP contribution in [0.2, 0.25) is 0 Å². The topological polar surface area (TPSA) is 148 Å². The maximum Gasteiger partial charge on any atom is 0.243 e. The summed E-state index contributed by atoms with van der Waals surface area (Å²) >= 11 is 0. The number of hydrogen-bond acceptors (Lipinski definition) is 5. The average molecular weight is 506 g/mol. The lowest BCUT2D eigenvalue weighted by molar-refractivity contribution is -0.139. The van der Waals surface area contributed by atoms with E-state index >= 15 is 0 Å². The fraction of sp³-hybridized carbons (Fsp3) is 0.429. The van der Waals surface area contributed by atoms with Crippen LogP contribution in [0.3, 0.4) is 0 Å². The Hall–Kier alpha value is -3.90. The first-order valence-electron chi connectivity index (χ1n) is 12.7. The highest BCUT2D eigenvalue weighted by Gasteiger charge is 2.36. The molecule has 37 heavy (non-hydrogen) atoms. The van der Waals surface area contributed by atoms with Crippen molar-refractivity contribution in [3.8, 4) is 12.3 Å². The van der Waals surface area contributed by atoms with E-state index in [-0.39, 0.29) is 18.7 Å². The molecule has 1 aliphatic rings. The Kier molecular flexibility index (Phi) is 10.0. The molecular formula is C28H35N5O4. The van der Waals surface area contributed by atoms with E-state index in [1.165, 1.54) is 0 Å². The number of nitrogens with zero attached hydrogens (tertiary/aromatic N) is 1. The Bertz CT molecular complexity index is 1170. The lowest BCUT2D eigenvalue weighted by Gasteiger charge is -2.27.